The van der Waals surface area contributed by atoms with Gasteiger partial charge in [0.15, 0.2) is 0 Å². The first-order chi connectivity index (χ1) is 10.1. The van der Waals surface area contributed by atoms with Crippen LogP contribution in [0.15, 0.2) is 18.2 Å². The number of amides is 2. The van der Waals surface area contributed by atoms with E-state index < -0.39 is 0 Å². The number of hydrogen-bond donors (Lipinski definition) is 1. The van der Waals surface area contributed by atoms with Crippen molar-refractivity contribution in [3.8, 4) is 5.75 Å². The summed E-state index contributed by atoms with van der Waals surface area (Å²) in [5, 5.41) is 3.30. The van der Waals surface area contributed by atoms with Gasteiger partial charge in [0.1, 0.15) is 5.75 Å². The highest BCUT2D eigenvalue weighted by molar-refractivity contribution is 6.32. The summed E-state index contributed by atoms with van der Waals surface area (Å²) in [6, 6.07) is 5.50. The summed E-state index contributed by atoms with van der Waals surface area (Å²) in [5.41, 5.74) is 0.980. The second-order valence-corrected chi connectivity index (χ2v) is 5.39. The molecule has 6 heteroatoms. The van der Waals surface area contributed by atoms with Gasteiger partial charge < -0.3 is 15.0 Å². The Balaban J connectivity index is 1.91. The van der Waals surface area contributed by atoms with Crippen LogP contribution < -0.4 is 10.1 Å². The third-order valence-electron chi connectivity index (χ3n) is 3.46. The smallest absolute Gasteiger partial charge is 0.239 e. The first-order valence-electron chi connectivity index (χ1n) is 6.97. The number of rotatable bonds is 4. The van der Waals surface area contributed by atoms with E-state index in [4.69, 9.17) is 16.3 Å². The van der Waals surface area contributed by atoms with Gasteiger partial charge in [-0.05, 0) is 30.5 Å². The predicted molar refractivity (Wildman–Crippen MR) is 80.5 cm³/mol. The molecule has 0 spiro atoms. The SMILES string of the molecule is COc1ccc(CCC(=O)N2CCCNC(=O)C2)cc1Cl. The summed E-state index contributed by atoms with van der Waals surface area (Å²) in [7, 11) is 1.56. The molecule has 5 nitrogen and oxygen atoms in total. The standard InChI is InChI=1S/C15H19ClN2O3/c1-21-13-5-3-11(9-12(13)16)4-6-15(20)18-8-2-7-17-14(19)10-18/h3,5,9H,2,4,6-8,10H2,1H3,(H,17,19). The lowest BCUT2D eigenvalue weighted by Gasteiger charge is -2.19. The van der Waals surface area contributed by atoms with Gasteiger partial charge in [-0.15, -0.1) is 0 Å². The number of benzene rings is 1. The number of nitrogens with zero attached hydrogens (tertiary/aromatic N) is 1. The van der Waals surface area contributed by atoms with Crippen molar-refractivity contribution in [2.45, 2.75) is 19.3 Å². The maximum atomic E-state index is 12.2. The van der Waals surface area contributed by atoms with Gasteiger partial charge in [-0.3, -0.25) is 9.59 Å². The second kappa shape index (κ2) is 7.31. The fraction of sp³-hybridized carbons (Fsp3) is 0.467. The van der Waals surface area contributed by atoms with Crippen molar-refractivity contribution >= 4 is 23.4 Å². The highest BCUT2D eigenvalue weighted by Crippen LogP contribution is 2.25. The van der Waals surface area contributed by atoms with Crippen LogP contribution in [0.4, 0.5) is 0 Å². The quantitative estimate of drug-likeness (QED) is 0.919. The zero-order chi connectivity index (χ0) is 15.2. The molecule has 1 fully saturated rings. The first-order valence-corrected chi connectivity index (χ1v) is 7.35. The molecule has 2 amide bonds. The highest BCUT2D eigenvalue weighted by Gasteiger charge is 2.19. The summed E-state index contributed by atoms with van der Waals surface area (Å²) in [6.07, 6.45) is 1.77. The van der Waals surface area contributed by atoms with E-state index in [1.54, 1.807) is 18.1 Å². The lowest BCUT2D eigenvalue weighted by atomic mass is 10.1. The van der Waals surface area contributed by atoms with E-state index in [1.807, 2.05) is 12.1 Å². The normalized spacial score (nSPS) is 15.3. The van der Waals surface area contributed by atoms with E-state index in [0.717, 1.165) is 12.0 Å². The van der Waals surface area contributed by atoms with Crippen LogP contribution >= 0.6 is 11.6 Å². The van der Waals surface area contributed by atoms with Gasteiger partial charge >= 0.3 is 0 Å². The Labute approximate surface area is 129 Å². The predicted octanol–water partition coefficient (Wildman–Crippen LogP) is 1.63. The maximum absolute atomic E-state index is 12.2. The Bertz CT molecular complexity index is 534. The molecule has 1 aromatic carbocycles. The second-order valence-electron chi connectivity index (χ2n) is 4.99. The molecule has 0 bridgehead atoms. The van der Waals surface area contributed by atoms with Crippen LogP contribution in [0.5, 0.6) is 5.75 Å². The number of carbonyl (C=O) groups is 2. The Kier molecular flexibility index (Phi) is 5.44. The summed E-state index contributed by atoms with van der Waals surface area (Å²) in [6.45, 7) is 1.42. The highest BCUT2D eigenvalue weighted by atomic mass is 35.5. The van der Waals surface area contributed by atoms with E-state index in [1.165, 1.54) is 0 Å². The van der Waals surface area contributed by atoms with Crippen LogP contribution in [0, 0.1) is 0 Å². The van der Waals surface area contributed by atoms with Crippen LogP contribution in [0.2, 0.25) is 5.02 Å². The summed E-state index contributed by atoms with van der Waals surface area (Å²) >= 11 is 6.06. The molecule has 21 heavy (non-hydrogen) atoms. The molecule has 0 aromatic heterocycles. The minimum Gasteiger partial charge on any atom is -0.495 e. The van der Waals surface area contributed by atoms with Crippen molar-refractivity contribution in [2.24, 2.45) is 0 Å². The fourth-order valence-corrected chi connectivity index (χ4v) is 2.57. The average Bonchev–Trinajstić information content (AvgIpc) is 2.69. The number of hydrogen-bond acceptors (Lipinski definition) is 3. The fourth-order valence-electron chi connectivity index (χ4n) is 2.29. The van der Waals surface area contributed by atoms with Gasteiger partial charge in [0.25, 0.3) is 0 Å². The molecule has 1 aliphatic rings. The monoisotopic (exact) mass is 310 g/mol. The van der Waals surface area contributed by atoms with E-state index in [0.29, 0.717) is 36.7 Å². The van der Waals surface area contributed by atoms with Crippen LogP contribution in [0.25, 0.3) is 0 Å². The van der Waals surface area contributed by atoms with Crippen LogP contribution in [0.3, 0.4) is 0 Å². The molecule has 0 atom stereocenters. The summed E-state index contributed by atoms with van der Waals surface area (Å²) in [4.78, 5) is 25.2. The largest absolute Gasteiger partial charge is 0.495 e. The van der Waals surface area contributed by atoms with Gasteiger partial charge in [-0.2, -0.15) is 0 Å². The summed E-state index contributed by atoms with van der Waals surface area (Å²) < 4.78 is 5.09. The molecule has 0 unspecified atom stereocenters. The molecule has 1 heterocycles. The number of carbonyl (C=O) groups excluding carboxylic acids is 2. The van der Waals surface area contributed by atoms with E-state index in [2.05, 4.69) is 5.32 Å². The third-order valence-corrected chi connectivity index (χ3v) is 3.75. The van der Waals surface area contributed by atoms with Crippen molar-refractivity contribution in [3.05, 3.63) is 28.8 Å². The van der Waals surface area contributed by atoms with E-state index in [-0.39, 0.29) is 18.4 Å². The number of nitrogens with one attached hydrogen (secondary N) is 1. The van der Waals surface area contributed by atoms with Crippen molar-refractivity contribution in [3.63, 3.8) is 0 Å². The lowest BCUT2D eigenvalue weighted by Crippen LogP contribution is -2.37. The number of ether oxygens (including phenoxy) is 1. The Morgan fingerprint density at radius 1 is 1.48 bits per heavy atom. The Hall–Kier alpha value is -1.75. The molecule has 0 aliphatic carbocycles. The molecule has 1 aromatic rings. The van der Waals surface area contributed by atoms with E-state index >= 15 is 0 Å². The van der Waals surface area contributed by atoms with Crippen LogP contribution in [0.1, 0.15) is 18.4 Å². The molecule has 1 aliphatic heterocycles. The average molecular weight is 311 g/mol. The van der Waals surface area contributed by atoms with Gasteiger partial charge in [0, 0.05) is 19.5 Å². The zero-order valence-electron chi connectivity index (χ0n) is 12.0. The maximum Gasteiger partial charge on any atom is 0.239 e. The number of halogens is 1. The molecular weight excluding hydrogens is 292 g/mol. The van der Waals surface area contributed by atoms with Gasteiger partial charge in [-0.25, -0.2) is 0 Å². The van der Waals surface area contributed by atoms with Gasteiger partial charge in [0.05, 0.1) is 18.7 Å². The third kappa shape index (κ3) is 4.36. The lowest BCUT2D eigenvalue weighted by molar-refractivity contribution is -0.135. The molecular formula is C15H19ClN2O3. The van der Waals surface area contributed by atoms with Crippen molar-refractivity contribution in [1.82, 2.24) is 10.2 Å². The molecule has 2 rings (SSSR count). The topological polar surface area (TPSA) is 58.6 Å². The van der Waals surface area contributed by atoms with Crippen molar-refractivity contribution < 1.29 is 14.3 Å². The zero-order valence-corrected chi connectivity index (χ0v) is 12.8. The minimum atomic E-state index is -0.0895. The Morgan fingerprint density at radius 2 is 2.29 bits per heavy atom. The first kappa shape index (κ1) is 15.6. The van der Waals surface area contributed by atoms with Gasteiger partial charge in [0.2, 0.25) is 11.8 Å². The number of methoxy groups -OCH3 is 1. The molecule has 1 N–H and O–H groups in total. The summed E-state index contributed by atoms with van der Waals surface area (Å²) in [5.74, 6) is 0.531. The molecule has 0 radical (unpaired) electrons. The Morgan fingerprint density at radius 3 is 3.00 bits per heavy atom. The van der Waals surface area contributed by atoms with Crippen LogP contribution in [-0.4, -0.2) is 43.5 Å². The van der Waals surface area contributed by atoms with Crippen molar-refractivity contribution in [1.29, 1.82) is 0 Å². The molecule has 1 saturated heterocycles. The molecule has 0 saturated carbocycles. The number of aryl methyl sites for hydroxylation is 1. The van der Waals surface area contributed by atoms with Gasteiger partial charge in [-0.1, -0.05) is 17.7 Å². The van der Waals surface area contributed by atoms with Crippen molar-refractivity contribution in [2.75, 3.05) is 26.7 Å². The minimum absolute atomic E-state index is 0.000935. The van der Waals surface area contributed by atoms with E-state index in [9.17, 15) is 9.59 Å². The van der Waals surface area contributed by atoms with Crippen LogP contribution in [-0.2, 0) is 16.0 Å². The molecule has 114 valence electrons.